The fourth-order valence-electron chi connectivity index (χ4n) is 1.67. The zero-order valence-corrected chi connectivity index (χ0v) is 11.9. The van der Waals surface area contributed by atoms with Crippen LogP contribution < -0.4 is 5.32 Å². The highest BCUT2D eigenvalue weighted by Gasteiger charge is 2.14. The Kier molecular flexibility index (Phi) is 5.10. The summed E-state index contributed by atoms with van der Waals surface area (Å²) in [5, 5.41) is 11.8. The van der Waals surface area contributed by atoms with Crippen molar-refractivity contribution in [3.05, 3.63) is 29.3 Å². The molecule has 4 heteroatoms. The van der Waals surface area contributed by atoms with Gasteiger partial charge in [-0.25, -0.2) is 4.79 Å². The first-order valence-corrected chi connectivity index (χ1v) is 6.45. The molecular weight excluding hydrogens is 242 g/mol. The summed E-state index contributed by atoms with van der Waals surface area (Å²) in [4.78, 5) is 22.8. The summed E-state index contributed by atoms with van der Waals surface area (Å²) < 4.78 is 0. The number of hydrogen-bond donors (Lipinski definition) is 2. The number of rotatable bonds is 5. The summed E-state index contributed by atoms with van der Waals surface area (Å²) in [6.45, 7) is 7.91. The van der Waals surface area contributed by atoms with Gasteiger partial charge in [-0.15, -0.1) is 0 Å². The summed E-state index contributed by atoms with van der Waals surface area (Å²) in [6.07, 6.45) is 0.438. The van der Waals surface area contributed by atoms with Crippen LogP contribution in [0.1, 0.15) is 43.1 Å². The number of carboxylic acids is 1. The number of nitrogens with one attached hydrogen (secondary N) is 1. The highest BCUT2D eigenvalue weighted by molar-refractivity contribution is 5.94. The van der Waals surface area contributed by atoms with E-state index >= 15 is 0 Å². The van der Waals surface area contributed by atoms with Gasteiger partial charge in [0.25, 0.3) is 0 Å². The molecule has 1 aromatic rings. The molecule has 0 fully saturated rings. The van der Waals surface area contributed by atoms with Crippen molar-refractivity contribution in [2.45, 2.75) is 34.1 Å². The van der Waals surface area contributed by atoms with Crippen LogP contribution in [0, 0.1) is 18.8 Å². The van der Waals surface area contributed by atoms with Crippen LogP contribution in [-0.4, -0.2) is 17.0 Å². The lowest BCUT2D eigenvalue weighted by atomic mass is 9.94. The predicted octanol–water partition coefficient (Wildman–Crippen LogP) is 3.31. The van der Waals surface area contributed by atoms with E-state index in [0.717, 1.165) is 0 Å². The average molecular weight is 263 g/mol. The zero-order chi connectivity index (χ0) is 14.6. The minimum atomic E-state index is -0.982. The molecule has 0 radical (unpaired) electrons. The zero-order valence-electron chi connectivity index (χ0n) is 11.9. The first kappa shape index (κ1) is 15.2. The number of carboxylic acid groups (broad SMARTS) is 1. The standard InChI is InChI=1S/C15H21NO3/c1-9(2)11(4)7-14(17)16-12-6-5-10(3)13(8-12)15(18)19/h5-6,8-9,11H,7H2,1-4H3,(H,16,17)(H,18,19). The summed E-state index contributed by atoms with van der Waals surface area (Å²) >= 11 is 0. The number of aromatic carboxylic acids is 1. The second-order valence-electron chi connectivity index (χ2n) is 5.31. The maximum absolute atomic E-state index is 11.8. The Morgan fingerprint density at radius 2 is 1.89 bits per heavy atom. The van der Waals surface area contributed by atoms with E-state index < -0.39 is 5.97 Å². The highest BCUT2D eigenvalue weighted by Crippen LogP contribution is 2.18. The Balaban J connectivity index is 2.75. The van der Waals surface area contributed by atoms with E-state index in [0.29, 0.717) is 29.5 Å². The third kappa shape index (κ3) is 4.39. The van der Waals surface area contributed by atoms with Crippen molar-refractivity contribution in [2.75, 3.05) is 5.32 Å². The van der Waals surface area contributed by atoms with Crippen molar-refractivity contribution in [2.24, 2.45) is 11.8 Å². The van der Waals surface area contributed by atoms with Gasteiger partial charge >= 0.3 is 5.97 Å². The normalized spacial score (nSPS) is 12.3. The lowest BCUT2D eigenvalue weighted by Crippen LogP contribution is -2.18. The van der Waals surface area contributed by atoms with E-state index in [1.807, 2.05) is 6.92 Å². The van der Waals surface area contributed by atoms with Crippen LogP contribution in [0.3, 0.4) is 0 Å². The predicted molar refractivity (Wildman–Crippen MR) is 75.4 cm³/mol. The third-order valence-electron chi connectivity index (χ3n) is 3.40. The Labute approximate surface area is 113 Å². The van der Waals surface area contributed by atoms with Gasteiger partial charge in [-0.3, -0.25) is 4.79 Å². The van der Waals surface area contributed by atoms with Crippen LogP contribution in [0.2, 0.25) is 0 Å². The molecule has 1 rings (SSSR count). The second-order valence-corrected chi connectivity index (χ2v) is 5.31. The molecule has 0 saturated heterocycles. The number of benzene rings is 1. The number of carbonyl (C=O) groups excluding carboxylic acids is 1. The SMILES string of the molecule is Cc1ccc(NC(=O)CC(C)C(C)C)cc1C(=O)O. The molecule has 0 aliphatic heterocycles. The maximum Gasteiger partial charge on any atom is 0.336 e. The molecule has 0 spiro atoms. The molecule has 4 nitrogen and oxygen atoms in total. The fourth-order valence-corrected chi connectivity index (χ4v) is 1.67. The highest BCUT2D eigenvalue weighted by atomic mass is 16.4. The molecule has 1 aromatic carbocycles. The van der Waals surface area contributed by atoms with Crippen molar-refractivity contribution in [3.63, 3.8) is 0 Å². The van der Waals surface area contributed by atoms with Crippen molar-refractivity contribution < 1.29 is 14.7 Å². The van der Waals surface area contributed by atoms with Gasteiger partial charge in [-0.1, -0.05) is 26.8 Å². The molecule has 0 bridgehead atoms. The first-order chi connectivity index (χ1) is 8.81. The van der Waals surface area contributed by atoms with Crippen molar-refractivity contribution in [3.8, 4) is 0 Å². The molecule has 0 aliphatic carbocycles. The summed E-state index contributed by atoms with van der Waals surface area (Å²) in [5.41, 5.74) is 1.43. The monoisotopic (exact) mass is 263 g/mol. The van der Waals surface area contributed by atoms with Gasteiger partial charge in [0.2, 0.25) is 5.91 Å². The van der Waals surface area contributed by atoms with E-state index in [1.165, 1.54) is 6.07 Å². The van der Waals surface area contributed by atoms with Gasteiger partial charge in [0.15, 0.2) is 0 Å². The maximum atomic E-state index is 11.8. The van der Waals surface area contributed by atoms with Crippen LogP contribution in [0.15, 0.2) is 18.2 Å². The molecule has 104 valence electrons. The molecule has 0 aliphatic rings. The lowest BCUT2D eigenvalue weighted by molar-refractivity contribution is -0.117. The minimum absolute atomic E-state index is 0.0820. The third-order valence-corrected chi connectivity index (χ3v) is 3.40. The van der Waals surface area contributed by atoms with Crippen LogP contribution >= 0.6 is 0 Å². The number of aryl methyl sites for hydroxylation is 1. The van der Waals surface area contributed by atoms with Gasteiger partial charge in [0.1, 0.15) is 0 Å². The van der Waals surface area contributed by atoms with Crippen molar-refractivity contribution in [1.29, 1.82) is 0 Å². The first-order valence-electron chi connectivity index (χ1n) is 6.45. The molecule has 0 aromatic heterocycles. The van der Waals surface area contributed by atoms with Gasteiger partial charge in [-0.05, 0) is 36.5 Å². The van der Waals surface area contributed by atoms with Gasteiger partial charge in [-0.2, -0.15) is 0 Å². The number of carbonyl (C=O) groups is 2. The molecule has 2 N–H and O–H groups in total. The Morgan fingerprint density at radius 1 is 1.26 bits per heavy atom. The van der Waals surface area contributed by atoms with Gasteiger partial charge in [0, 0.05) is 12.1 Å². The molecule has 1 atom stereocenters. The Bertz CT molecular complexity index is 480. The number of anilines is 1. The molecule has 1 unspecified atom stereocenters. The second kappa shape index (κ2) is 6.36. The van der Waals surface area contributed by atoms with E-state index in [-0.39, 0.29) is 11.5 Å². The topological polar surface area (TPSA) is 66.4 Å². The molecule has 0 saturated carbocycles. The summed E-state index contributed by atoms with van der Waals surface area (Å²) in [7, 11) is 0. The van der Waals surface area contributed by atoms with E-state index in [4.69, 9.17) is 5.11 Å². The lowest BCUT2D eigenvalue weighted by Gasteiger charge is -2.15. The average Bonchev–Trinajstić information content (AvgIpc) is 2.30. The van der Waals surface area contributed by atoms with E-state index in [2.05, 4.69) is 19.2 Å². The Morgan fingerprint density at radius 3 is 2.42 bits per heavy atom. The fraction of sp³-hybridized carbons (Fsp3) is 0.467. The van der Waals surface area contributed by atoms with Gasteiger partial charge < -0.3 is 10.4 Å². The number of amides is 1. The van der Waals surface area contributed by atoms with Crippen LogP contribution in [0.25, 0.3) is 0 Å². The summed E-state index contributed by atoms with van der Waals surface area (Å²) in [5.74, 6) is -0.326. The van der Waals surface area contributed by atoms with Crippen molar-refractivity contribution in [1.82, 2.24) is 0 Å². The number of hydrogen-bond acceptors (Lipinski definition) is 2. The van der Waals surface area contributed by atoms with Gasteiger partial charge in [0.05, 0.1) is 5.56 Å². The van der Waals surface area contributed by atoms with Crippen LogP contribution in [-0.2, 0) is 4.79 Å². The van der Waals surface area contributed by atoms with E-state index in [9.17, 15) is 9.59 Å². The molecule has 1 amide bonds. The van der Waals surface area contributed by atoms with Crippen molar-refractivity contribution >= 4 is 17.6 Å². The quantitative estimate of drug-likeness (QED) is 0.856. The largest absolute Gasteiger partial charge is 0.478 e. The molecular formula is C15H21NO3. The Hall–Kier alpha value is -1.84. The minimum Gasteiger partial charge on any atom is -0.478 e. The smallest absolute Gasteiger partial charge is 0.336 e. The molecule has 19 heavy (non-hydrogen) atoms. The van der Waals surface area contributed by atoms with Crippen LogP contribution in [0.4, 0.5) is 5.69 Å². The molecule has 0 heterocycles. The summed E-state index contributed by atoms with van der Waals surface area (Å²) in [6, 6.07) is 4.92. The van der Waals surface area contributed by atoms with E-state index in [1.54, 1.807) is 19.1 Å². The van der Waals surface area contributed by atoms with Crippen LogP contribution in [0.5, 0.6) is 0 Å².